The van der Waals surface area contributed by atoms with E-state index in [4.69, 9.17) is 0 Å². The third-order valence-corrected chi connectivity index (χ3v) is 7.41. The monoisotopic (exact) mass is 413 g/mol. The molecule has 1 saturated carbocycles. The number of amides is 1. The summed E-state index contributed by atoms with van der Waals surface area (Å²) < 4.78 is 0. The average molecular weight is 414 g/mol. The van der Waals surface area contributed by atoms with Crippen molar-refractivity contribution in [1.82, 2.24) is 25.1 Å². The van der Waals surface area contributed by atoms with Gasteiger partial charge >= 0.3 is 0 Å². The first kappa shape index (κ1) is 20.6. The summed E-state index contributed by atoms with van der Waals surface area (Å²) in [4.78, 5) is 26.5. The summed E-state index contributed by atoms with van der Waals surface area (Å²) in [5, 5.41) is 5.14. The zero-order valence-corrected chi connectivity index (χ0v) is 18.1. The molecule has 1 amide bonds. The number of piperazine rings is 1. The molecule has 0 atom stereocenters. The minimum absolute atomic E-state index is 0.0942. The molecule has 0 unspecified atom stereocenters. The van der Waals surface area contributed by atoms with E-state index in [0.717, 1.165) is 48.7 Å². The molecule has 1 aliphatic carbocycles. The summed E-state index contributed by atoms with van der Waals surface area (Å²) in [6, 6.07) is 5.83. The van der Waals surface area contributed by atoms with Crippen molar-refractivity contribution < 1.29 is 4.79 Å². The molecule has 0 aromatic carbocycles. The molecule has 3 heterocycles. The molecule has 2 aliphatic rings. The van der Waals surface area contributed by atoms with Gasteiger partial charge in [0.25, 0.3) is 0 Å². The number of aromatic nitrogens is 2. The predicted molar refractivity (Wildman–Crippen MR) is 118 cm³/mol. The molecule has 2 aromatic rings. The van der Waals surface area contributed by atoms with Gasteiger partial charge in [-0.15, -0.1) is 0 Å². The molecule has 2 fully saturated rings. The van der Waals surface area contributed by atoms with E-state index in [-0.39, 0.29) is 11.4 Å². The van der Waals surface area contributed by atoms with E-state index in [9.17, 15) is 4.79 Å². The van der Waals surface area contributed by atoms with E-state index in [2.05, 4.69) is 32.1 Å². The number of pyridine rings is 2. The van der Waals surface area contributed by atoms with E-state index in [1.54, 1.807) is 12.4 Å². The summed E-state index contributed by atoms with van der Waals surface area (Å²) in [5.41, 5.74) is 1.06. The zero-order valence-electron chi connectivity index (χ0n) is 17.3. The van der Waals surface area contributed by atoms with Crippen LogP contribution in [0.4, 0.5) is 0 Å². The largest absolute Gasteiger partial charge is 0.354 e. The summed E-state index contributed by atoms with van der Waals surface area (Å²) in [7, 11) is 2.20. The fraction of sp³-hybridized carbons (Fsp3) is 0.591. The van der Waals surface area contributed by atoms with Crippen LogP contribution in [0.2, 0.25) is 0 Å². The van der Waals surface area contributed by atoms with Crippen molar-refractivity contribution in [3.05, 3.63) is 30.6 Å². The Morgan fingerprint density at radius 3 is 2.69 bits per heavy atom. The minimum atomic E-state index is 0.0942. The van der Waals surface area contributed by atoms with Gasteiger partial charge in [0.1, 0.15) is 5.03 Å². The number of rotatable bonds is 6. The molecule has 0 bridgehead atoms. The third-order valence-electron chi connectivity index (χ3n) is 6.41. The number of nitrogens with one attached hydrogen (secondary N) is 1. The van der Waals surface area contributed by atoms with Gasteiger partial charge in [-0.1, -0.05) is 31.0 Å². The van der Waals surface area contributed by atoms with Gasteiger partial charge < -0.3 is 10.2 Å². The first-order chi connectivity index (χ1) is 14.2. The highest BCUT2D eigenvalue weighted by Crippen LogP contribution is 2.34. The summed E-state index contributed by atoms with van der Waals surface area (Å²) in [6.07, 6.45) is 9.79. The van der Waals surface area contributed by atoms with E-state index in [1.165, 1.54) is 43.9 Å². The highest BCUT2D eigenvalue weighted by molar-refractivity contribution is 8.00. The molecule has 1 aliphatic heterocycles. The van der Waals surface area contributed by atoms with Gasteiger partial charge in [-0.3, -0.25) is 14.7 Å². The molecule has 2 aromatic heterocycles. The van der Waals surface area contributed by atoms with Crippen LogP contribution in [-0.2, 0) is 4.79 Å². The lowest BCUT2D eigenvalue weighted by atomic mass is 9.79. The van der Waals surface area contributed by atoms with Gasteiger partial charge in [-0.2, -0.15) is 0 Å². The van der Waals surface area contributed by atoms with Crippen molar-refractivity contribution in [3.8, 4) is 0 Å². The van der Waals surface area contributed by atoms with Gasteiger partial charge in [0.2, 0.25) is 5.91 Å². The molecule has 1 saturated heterocycles. The van der Waals surface area contributed by atoms with Gasteiger partial charge in [-0.05, 0) is 38.1 Å². The second-order valence-corrected chi connectivity index (χ2v) is 9.29. The molecule has 1 N–H and O–H groups in total. The number of likely N-dealkylation sites (N-methyl/N-ethyl adjacent to an activating group) is 1. The molecular formula is C22H31N5OS. The molecule has 29 heavy (non-hydrogen) atoms. The van der Waals surface area contributed by atoms with Crippen molar-refractivity contribution in [2.24, 2.45) is 0 Å². The number of carbonyl (C=O) groups excluding carboxylic acids is 1. The number of carbonyl (C=O) groups is 1. The first-order valence-corrected chi connectivity index (χ1v) is 11.7. The van der Waals surface area contributed by atoms with Gasteiger partial charge in [0.05, 0.1) is 11.3 Å². The van der Waals surface area contributed by atoms with Gasteiger partial charge in [-0.25, -0.2) is 4.98 Å². The van der Waals surface area contributed by atoms with Crippen LogP contribution >= 0.6 is 11.8 Å². The fourth-order valence-electron chi connectivity index (χ4n) is 4.63. The molecular weight excluding hydrogens is 382 g/mol. The highest BCUT2D eigenvalue weighted by atomic mass is 32.2. The van der Waals surface area contributed by atoms with Crippen molar-refractivity contribution in [2.45, 2.75) is 42.7 Å². The van der Waals surface area contributed by atoms with Crippen LogP contribution in [0.3, 0.4) is 0 Å². The van der Waals surface area contributed by atoms with Gasteiger partial charge in [0.15, 0.2) is 0 Å². The minimum Gasteiger partial charge on any atom is -0.354 e. The Bertz CT molecular complexity index is 826. The fourth-order valence-corrected chi connectivity index (χ4v) is 5.47. The normalized spacial score (nSPS) is 20.6. The number of hydrogen-bond acceptors (Lipinski definition) is 6. The number of nitrogens with zero attached hydrogens (tertiary/aromatic N) is 4. The smallest absolute Gasteiger partial charge is 0.230 e. The summed E-state index contributed by atoms with van der Waals surface area (Å²) >= 11 is 1.50. The molecule has 7 heteroatoms. The van der Waals surface area contributed by atoms with Crippen LogP contribution in [0.25, 0.3) is 10.9 Å². The van der Waals surface area contributed by atoms with E-state index < -0.39 is 0 Å². The number of hydrogen-bond donors (Lipinski definition) is 1. The standard InChI is InChI=1S/C22H31N5OS/c1-26-12-14-27(15-13-26)22(8-3-2-4-9-22)17-25-20(28)16-29-21-18-6-5-10-23-19(18)7-11-24-21/h5-7,10-11H,2-4,8-9,12-17H2,1H3,(H,25,28). The van der Waals surface area contributed by atoms with Crippen molar-refractivity contribution in [3.63, 3.8) is 0 Å². The van der Waals surface area contributed by atoms with E-state index in [1.807, 2.05) is 18.2 Å². The van der Waals surface area contributed by atoms with Crippen LogP contribution < -0.4 is 5.32 Å². The second kappa shape index (κ2) is 9.41. The van der Waals surface area contributed by atoms with Gasteiger partial charge in [0, 0.05) is 56.0 Å². The van der Waals surface area contributed by atoms with Crippen LogP contribution in [0.1, 0.15) is 32.1 Å². The Hall–Kier alpha value is -1.70. The van der Waals surface area contributed by atoms with Crippen molar-refractivity contribution in [1.29, 1.82) is 0 Å². The Morgan fingerprint density at radius 2 is 1.90 bits per heavy atom. The Morgan fingerprint density at radius 1 is 1.10 bits per heavy atom. The van der Waals surface area contributed by atoms with E-state index >= 15 is 0 Å². The summed E-state index contributed by atoms with van der Waals surface area (Å²) in [5.74, 6) is 0.483. The SMILES string of the molecule is CN1CCN(C2(CNC(=O)CSc3nccc4ncccc34)CCCCC2)CC1. The Labute approximate surface area is 177 Å². The lowest BCUT2D eigenvalue weighted by Gasteiger charge is -2.49. The van der Waals surface area contributed by atoms with Crippen molar-refractivity contribution >= 4 is 28.6 Å². The lowest BCUT2D eigenvalue weighted by Crippen LogP contribution is -2.61. The van der Waals surface area contributed by atoms with Crippen molar-refractivity contribution in [2.75, 3.05) is 45.5 Å². The molecule has 0 radical (unpaired) electrons. The second-order valence-electron chi connectivity index (χ2n) is 8.33. The molecule has 0 spiro atoms. The van der Waals surface area contributed by atoms with Crippen LogP contribution in [0, 0.1) is 0 Å². The maximum atomic E-state index is 12.7. The van der Waals surface area contributed by atoms with Crippen LogP contribution in [0.15, 0.2) is 35.6 Å². The maximum absolute atomic E-state index is 12.7. The Balaban J connectivity index is 1.35. The maximum Gasteiger partial charge on any atom is 0.230 e. The Kier molecular flexibility index (Phi) is 6.67. The topological polar surface area (TPSA) is 61.4 Å². The quantitative estimate of drug-likeness (QED) is 0.735. The lowest BCUT2D eigenvalue weighted by molar-refractivity contribution is -0.119. The molecule has 156 valence electrons. The summed E-state index contributed by atoms with van der Waals surface area (Å²) in [6.45, 7) is 5.21. The zero-order chi connectivity index (χ0) is 20.1. The number of fused-ring (bicyclic) bond motifs is 1. The van der Waals surface area contributed by atoms with Crippen LogP contribution in [-0.4, -0.2) is 76.7 Å². The first-order valence-electron chi connectivity index (χ1n) is 10.7. The predicted octanol–water partition coefficient (Wildman–Crippen LogP) is 2.79. The molecule has 6 nitrogen and oxygen atoms in total. The number of thioether (sulfide) groups is 1. The highest BCUT2D eigenvalue weighted by Gasteiger charge is 2.39. The third kappa shape index (κ3) is 4.90. The molecule has 4 rings (SSSR count). The van der Waals surface area contributed by atoms with Crippen LogP contribution in [0.5, 0.6) is 0 Å². The average Bonchev–Trinajstić information content (AvgIpc) is 2.77. The van der Waals surface area contributed by atoms with E-state index in [0.29, 0.717) is 5.75 Å².